The van der Waals surface area contributed by atoms with Crippen LogP contribution in [0.15, 0.2) is 177 Å². The molecule has 0 N–H and O–H groups in total. The monoisotopic (exact) mass is 682 g/mol. The molecule has 0 fully saturated rings. The zero-order chi connectivity index (χ0) is 36.9. The molecule has 5 aromatic carbocycles. The number of nitrogens with zero attached hydrogens (tertiary/aromatic N) is 2. The van der Waals surface area contributed by atoms with Gasteiger partial charge in [0.1, 0.15) is 0 Å². The van der Waals surface area contributed by atoms with Gasteiger partial charge in [0.2, 0.25) is 0 Å². The van der Waals surface area contributed by atoms with Crippen molar-refractivity contribution in [3.8, 4) is 16.8 Å². The van der Waals surface area contributed by atoms with E-state index in [0.717, 1.165) is 40.9 Å². The van der Waals surface area contributed by atoms with Crippen molar-refractivity contribution < 1.29 is 0 Å². The molecule has 52 heavy (non-hydrogen) atoms. The molecule has 1 atom stereocenters. The lowest BCUT2D eigenvalue weighted by Crippen LogP contribution is -2.21. The summed E-state index contributed by atoms with van der Waals surface area (Å²) in [6.07, 6.45) is 17.5. The first-order chi connectivity index (χ1) is 25.5. The topological polar surface area (TPSA) is 8.17 Å². The second kappa shape index (κ2) is 18.6. The number of fused-ring (bicyclic) bond motifs is 4. The van der Waals surface area contributed by atoms with Gasteiger partial charge in [-0.15, -0.1) is 6.58 Å². The van der Waals surface area contributed by atoms with Crippen LogP contribution in [-0.2, 0) is 0 Å². The normalized spacial score (nSPS) is 13.7. The van der Waals surface area contributed by atoms with Gasteiger partial charge in [-0.05, 0) is 71.5 Å². The van der Waals surface area contributed by atoms with E-state index in [-0.39, 0.29) is 0 Å². The first-order valence-electron chi connectivity index (χ1n) is 18.9. The zero-order valence-corrected chi connectivity index (χ0v) is 31.7. The molecule has 1 aliphatic rings. The third-order valence-electron chi connectivity index (χ3n) is 9.15. The number of anilines is 1. The number of benzene rings is 5. The van der Waals surface area contributed by atoms with E-state index in [0.29, 0.717) is 5.92 Å². The summed E-state index contributed by atoms with van der Waals surface area (Å²) < 4.78 is 2.40. The summed E-state index contributed by atoms with van der Waals surface area (Å²) in [5, 5.41) is 2.53. The van der Waals surface area contributed by atoms with E-state index < -0.39 is 0 Å². The summed E-state index contributed by atoms with van der Waals surface area (Å²) >= 11 is 0. The van der Waals surface area contributed by atoms with E-state index in [1.165, 1.54) is 51.5 Å². The Kier molecular flexibility index (Phi) is 13.5. The molecule has 1 aliphatic heterocycles. The molecule has 7 rings (SSSR count). The number of aromatic nitrogens is 1. The maximum absolute atomic E-state index is 4.68. The van der Waals surface area contributed by atoms with Crippen molar-refractivity contribution in [1.29, 1.82) is 0 Å². The highest BCUT2D eigenvalue weighted by atomic mass is 15.1. The van der Waals surface area contributed by atoms with E-state index in [1.807, 2.05) is 6.08 Å². The van der Waals surface area contributed by atoms with Crippen LogP contribution in [0.2, 0.25) is 0 Å². The molecule has 0 amide bonds. The third kappa shape index (κ3) is 8.30. The molecule has 0 aliphatic carbocycles. The molecule has 0 saturated heterocycles. The smallest absolute Gasteiger partial charge is 0.0541 e. The quantitative estimate of drug-likeness (QED) is 0.109. The average Bonchev–Trinajstić information content (AvgIpc) is 3.52. The Hall–Kier alpha value is -5.60. The van der Waals surface area contributed by atoms with Gasteiger partial charge in [-0.1, -0.05) is 169 Å². The second-order valence-electron chi connectivity index (χ2n) is 13.2. The molecular formula is C50H54N2. The van der Waals surface area contributed by atoms with Crippen LogP contribution in [0, 0.1) is 0 Å². The van der Waals surface area contributed by atoms with Gasteiger partial charge in [0.05, 0.1) is 22.4 Å². The van der Waals surface area contributed by atoms with E-state index in [2.05, 4.69) is 209 Å². The third-order valence-corrected chi connectivity index (χ3v) is 9.15. The summed E-state index contributed by atoms with van der Waals surface area (Å²) in [5.41, 5.74) is 11.6. The maximum atomic E-state index is 4.68. The van der Waals surface area contributed by atoms with Crippen LogP contribution < -0.4 is 4.90 Å². The Morgan fingerprint density at radius 1 is 0.731 bits per heavy atom. The van der Waals surface area contributed by atoms with Gasteiger partial charge < -0.3 is 9.47 Å². The van der Waals surface area contributed by atoms with E-state index in [1.54, 1.807) is 0 Å². The number of hydrogen-bond acceptors (Lipinski definition) is 1. The number of para-hydroxylation sites is 4. The van der Waals surface area contributed by atoms with Crippen molar-refractivity contribution in [3.63, 3.8) is 0 Å². The van der Waals surface area contributed by atoms with Crippen molar-refractivity contribution >= 4 is 33.1 Å². The van der Waals surface area contributed by atoms with Gasteiger partial charge in [-0.25, -0.2) is 0 Å². The molecular weight excluding hydrogens is 629 g/mol. The fraction of sp³-hybridized carbons (Fsp3) is 0.200. The first kappa shape index (κ1) is 37.7. The molecule has 0 bridgehead atoms. The molecule has 2 heterocycles. The fourth-order valence-electron chi connectivity index (χ4n) is 6.64. The lowest BCUT2D eigenvalue weighted by atomic mass is 9.93. The summed E-state index contributed by atoms with van der Waals surface area (Å²) in [5.74, 6) is 0.365. The summed E-state index contributed by atoms with van der Waals surface area (Å²) in [4.78, 5) is 2.29. The average molecular weight is 683 g/mol. The van der Waals surface area contributed by atoms with Crippen molar-refractivity contribution in [2.75, 3.05) is 4.90 Å². The van der Waals surface area contributed by atoms with Crippen LogP contribution in [0.4, 0.5) is 5.69 Å². The predicted molar refractivity (Wildman–Crippen MR) is 230 cm³/mol. The van der Waals surface area contributed by atoms with E-state index in [9.17, 15) is 0 Å². The van der Waals surface area contributed by atoms with Gasteiger partial charge in [-0.2, -0.15) is 0 Å². The highest BCUT2D eigenvalue weighted by Crippen LogP contribution is 2.40. The predicted octanol–water partition coefficient (Wildman–Crippen LogP) is 14.8. The van der Waals surface area contributed by atoms with Crippen molar-refractivity contribution in [3.05, 3.63) is 188 Å². The molecule has 264 valence electrons. The summed E-state index contributed by atoms with van der Waals surface area (Å²) in [7, 11) is 0. The van der Waals surface area contributed by atoms with Gasteiger partial charge in [0.15, 0.2) is 0 Å². The largest absolute Gasteiger partial charge is 0.317 e. The minimum atomic E-state index is 0.365. The Bertz CT molecular complexity index is 2150. The molecule has 0 spiro atoms. The molecule has 1 aromatic heterocycles. The summed E-state index contributed by atoms with van der Waals surface area (Å²) in [6, 6.07) is 43.6. The van der Waals surface area contributed by atoms with Gasteiger partial charge in [0.25, 0.3) is 0 Å². The Morgan fingerprint density at radius 3 is 1.98 bits per heavy atom. The van der Waals surface area contributed by atoms with Crippen LogP contribution in [-0.4, -0.2) is 4.57 Å². The van der Waals surface area contributed by atoms with Crippen LogP contribution in [0.1, 0.15) is 77.3 Å². The Balaban J connectivity index is 0.000000595. The lowest BCUT2D eigenvalue weighted by molar-refractivity contribution is 0.924. The van der Waals surface area contributed by atoms with E-state index in [4.69, 9.17) is 0 Å². The van der Waals surface area contributed by atoms with Crippen LogP contribution in [0.5, 0.6) is 0 Å². The molecule has 2 nitrogen and oxygen atoms in total. The van der Waals surface area contributed by atoms with Crippen LogP contribution in [0.3, 0.4) is 0 Å². The Morgan fingerprint density at radius 2 is 1.35 bits per heavy atom. The van der Waals surface area contributed by atoms with Crippen molar-refractivity contribution in [2.45, 2.75) is 66.2 Å². The number of allylic oxidation sites excluding steroid dienone is 6. The standard InChI is InChI=1S/C42H36N2.C5H10.C3H8/c1-4-5-6-22-38(43-28-27-30(2)34-18-7-11-23-39(34)43)31(3)32-16-15-17-33(29-32)35-19-8-12-24-40(35)44-41-25-13-9-20-36(41)37-21-10-14-26-42(37)44;1-3-5-4-2;1-3-2/h5-30H,3-4H2,1-2H3;3H,1,4-5H2,2H3;3H2,1-2H3/b6-5-,38-22+;;. The SMILES string of the molecule is C=C(/C(=C\C=C/CC)N1C=CC(C)c2ccccc21)c1cccc(-c2ccccc2-n2c3ccccc3c3ccccc32)c1.C=CCCC.CCC. The minimum absolute atomic E-state index is 0.365. The highest BCUT2D eigenvalue weighted by Gasteiger charge is 2.22. The molecule has 2 heteroatoms. The zero-order valence-electron chi connectivity index (χ0n) is 31.7. The molecule has 1 unspecified atom stereocenters. The van der Waals surface area contributed by atoms with Gasteiger partial charge in [-0.3, -0.25) is 0 Å². The fourth-order valence-corrected chi connectivity index (χ4v) is 6.64. The van der Waals surface area contributed by atoms with Gasteiger partial charge >= 0.3 is 0 Å². The second-order valence-corrected chi connectivity index (χ2v) is 13.2. The highest BCUT2D eigenvalue weighted by molar-refractivity contribution is 6.09. The minimum Gasteiger partial charge on any atom is -0.317 e. The number of unbranched alkanes of at least 4 members (excludes halogenated alkanes) is 1. The van der Waals surface area contributed by atoms with Gasteiger partial charge in [0, 0.05) is 34.1 Å². The van der Waals surface area contributed by atoms with Crippen LogP contribution in [0.25, 0.3) is 44.2 Å². The molecule has 0 saturated carbocycles. The summed E-state index contributed by atoms with van der Waals surface area (Å²) in [6.45, 7) is 19.0. The van der Waals surface area contributed by atoms with E-state index >= 15 is 0 Å². The molecule has 6 aromatic rings. The number of hydrogen-bond donors (Lipinski definition) is 0. The maximum Gasteiger partial charge on any atom is 0.0541 e. The number of rotatable bonds is 9. The first-order valence-corrected chi connectivity index (χ1v) is 18.9. The van der Waals surface area contributed by atoms with Crippen LogP contribution >= 0.6 is 0 Å². The molecule has 0 radical (unpaired) electrons. The van der Waals surface area contributed by atoms with Crippen molar-refractivity contribution in [1.82, 2.24) is 4.57 Å². The van der Waals surface area contributed by atoms with Crippen molar-refractivity contribution in [2.24, 2.45) is 0 Å². The lowest BCUT2D eigenvalue weighted by Gasteiger charge is -2.32. The Labute approximate surface area is 312 Å².